The summed E-state index contributed by atoms with van der Waals surface area (Å²) in [5.41, 5.74) is 2.24. The van der Waals surface area contributed by atoms with Crippen LogP contribution in [0.15, 0.2) is 54.7 Å². The fourth-order valence-corrected chi connectivity index (χ4v) is 3.37. The topological polar surface area (TPSA) is 72.5 Å². The largest absolute Gasteiger partial charge is 0.444 e. The maximum absolute atomic E-state index is 12.3. The smallest absolute Gasteiger partial charge is 0.412 e. The Morgan fingerprint density at radius 1 is 1.00 bits per heavy atom. The van der Waals surface area contributed by atoms with Gasteiger partial charge in [-0.05, 0) is 62.8 Å². The van der Waals surface area contributed by atoms with Crippen molar-refractivity contribution < 1.29 is 14.3 Å². The van der Waals surface area contributed by atoms with Gasteiger partial charge in [0.05, 0.1) is 5.69 Å². The molecule has 3 rings (SSSR count). The van der Waals surface area contributed by atoms with Gasteiger partial charge in [0.15, 0.2) is 0 Å². The van der Waals surface area contributed by atoms with Crippen LogP contribution in [0.2, 0.25) is 0 Å². The van der Waals surface area contributed by atoms with Crippen LogP contribution >= 0.6 is 0 Å². The number of rotatable bonds is 9. The van der Waals surface area contributed by atoms with Crippen molar-refractivity contribution in [3.63, 3.8) is 0 Å². The van der Waals surface area contributed by atoms with Crippen molar-refractivity contribution >= 4 is 28.4 Å². The Hall–Kier alpha value is -3.12. The van der Waals surface area contributed by atoms with E-state index in [1.54, 1.807) is 0 Å². The molecule has 1 amide bonds. The Labute approximate surface area is 190 Å². The van der Waals surface area contributed by atoms with Gasteiger partial charge in [0.1, 0.15) is 11.4 Å². The molecule has 170 valence electrons. The molecule has 0 unspecified atom stereocenters. The summed E-state index contributed by atoms with van der Waals surface area (Å²) < 4.78 is 10.9. The molecule has 6 nitrogen and oxygen atoms in total. The molecule has 0 saturated heterocycles. The number of carbonyl (C=O) groups is 1. The number of hydrogen-bond acceptors (Lipinski definition) is 5. The van der Waals surface area contributed by atoms with Gasteiger partial charge in [-0.2, -0.15) is 0 Å². The number of carbonyl (C=O) groups excluding carboxylic acids is 1. The molecule has 0 spiro atoms. The summed E-state index contributed by atoms with van der Waals surface area (Å²) in [6.07, 6.45) is 3.40. The van der Waals surface area contributed by atoms with Gasteiger partial charge < -0.3 is 14.8 Å². The quantitative estimate of drug-likeness (QED) is 0.377. The lowest BCUT2D eigenvalue weighted by Gasteiger charge is -2.20. The van der Waals surface area contributed by atoms with Crippen molar-refractivity contribution in [2.45, 2.75) is 46.1 Å². The summed E-state index contributed by atoms with van der Waals surface area (Å²) in [6.45, 7) is 10.0. The van der Waals surface area contributed by atoms with Gasteiger partial charge in [-0.15, -0.1) is 0 Å². The number of nitrogens with one attached hydrogen (secondary N) is 2. The summed E-state index contributed by atoms with van der Waals surface area (Å²) in [7, 11) is 0. The molecule has 1 aromatic heterocycles. The van der Waals surface area contributed by atoms with Crippen molar-refractivity contribution in [2.75, 3.05) is 30.4 Å². The lowest BCUT2D eigenvalue weighted by molar-refractivity contribution is 0.0636. The average Bonchev–Trinajstić information content (AvgIpc) is 2.76. The van der Waals surface area contributed by atoms with Crippen molar-refractivity contribution in [1.82, 2.24) is 4.98 Å². The van der Waals surface area contributed by atoms with E-state index in [-0.39, 0.29) is 0 Å². The predicted octanol–water partition coefficient (Wildman–Crippen LogP) is 6.48. The van der Waals surface area contributed by atoms with Gasteiger partial charge >= 0.3 is 6.09 Å². The number of hydrogen-bond donors (Lipinski definition) is 2. The minimum absolute atomic E-state index is 0.465. The number of aromatic nitrogens is 1. The molecule has 0 radical (unpaired) electrons. The molecular formula is C26H33N3O3. The van der Waals surface area contributed by atoms with E-state index in [0.29, 0.717) is 0 Å². The Morgan fingerprint density at radius 3 is 2.47 bits per heavy atom. The minimum Gasteiger partial charge on any atom is -0.444 e. The van der Waals surface area contributed by atoms with E-state index in [1.807, 2.05) is 69.4 Å². The molecule has 0 fully saturated rings. The third-order valence-electron chi connectivity index (χ3n) is 4.75. The molecule has 2 N–H and O–H groups in total. The van der Waals surface area contributed by atoms with Gasteiger partial charge in [0.2, 0.25) is 0 Å². The lowest BCUT2D eigenvalue weighted by Crippen LogP contribution is -2.27. The second-order valence-electron chi connectivity index (χ2n) is 8.66. The molecule has 3 aromatic rings. The molecule has 0 aliphatic carbocycles. The van der Waals surface area contributed by atoms with Crippen LogP contribution < -0.4 is 10.6 Å². The Balaban J connectivity index is 1.73. The molecule has 0 bridgehead atoms. The van der Waals surface area contributed by atoms with Crippen molar-refractivity contribution in [1.29, 1.82) is 0 Å². The average molecular weight is 436 g/mol. The van der Waals surface area contributed by atoms with Gasteiger partial charge in [-0.3, -0.25) is 5.32 Å². The molecule has 2 aromatic carbocycles. The van der Waals surface area contributed by atoms with Crippen LogP contribution in [-0.4, -0.2) is 36.4 Å². The van der Waals surface area contributed by atoms with E-state index >= 15 is 0 Å². The second-order valence-corrected chi connectivity index (χ2v) is 8.66. The third-order valence-corrected chi connectivity index (χ3v) is 4.75. The summed E-state index contributed by atoms with van der Waals surface area (Å²) >= 11 is 0. The number of fused-ring (bicyclic) bond motifs is 1. The van der Waals surface area contributed by atoms with Crippen LogP contribution in [0.3, 0.4) is 0 Å². The monoisotopic (exact) mass is 435 g/mol. The highest BCUT2D eigenvalue weighted by Crippen LogP contribution is 2.33. The highest BCUT2D eigenvalue weighted by Gasteiger charge is 2.17. The molecule has 0 aliphatic rings. The zero-order valence-electron chi connectivity index (χ0n) is 19.4. The van der Waals surface area contributed by atoms with E-state index in [0.717, 1.165) is 66.0 Å². The molecule has 0 aliphatic heterocycles. The molecule has 0 atom stereocenters. The highest BCUT2D eigenvalue weighted by atomic mass is 16.6. The van der Waals surface area contributed by atoms with E-state index in [9.17, 15) is 4.79 Å². The minimum atomic E-state index is -0.552. The third kappa shape index (κ3) is 6.69. The van der Waals surface area contributed by atoms with Gasteiger partial charge in [-0.25, -0.2) is 9.78 Å². The molecular weight excluding hydrogens is 402 g/mol. The number of pyridine rings is 1. The molecule has 32 heavy (non-hydrogen) atoms. The summed E-state index contributed by atoms with van der Waals surface area (Å²) in [5.74, 6) is 0.844. The molecule has 1 heterocycles. The van der Waals surface area contributed by atoms with Crippen LogP contribution in [-0.2, 0) is 9.47 Å². The van der Waals surface area contributed by atoms with E-state index in [2.05, 4.69) is 28.6 Å². The standard InChI is InChI=1S/C26H33N3O3/c1-5-16-31-17-8-15-27-24-14-11-19(18-28-24)20-12-13-23(22-10-7-6-9-21(20)22)29-25(30)32-26(2,3)4/h6-7,9-14,18H,5,8,15-17H2,1-4H3,(H,27,28)(H,29,30). The maximum atomic E-state index is 12.3. The Kier molecular flexibility index (Phi) is 8.06. The first-order valence-corrected chi connectivity index (χ1v) is 11.2. The fourth-order valence-electron chi connectivity index (χ4n) is 3.37. The summed E-state index contributed by atoms with van der Waals surface area (Å²) in [5, 5.41) is 8.20. The number of anilines is 2. The van der Waals surface area contributed by atoms with Crippen LogP contribution in [0.1, 0.15) is 40.5 Å². The number of ether oxygens (including phenoxy) is 2. The van der Waals surface area contributed by atoms with Crippen LogP contribution in [0.25, 0.3) is 21.9 Å². The van der Waals surface area contributed by atoms with Gasteiger partial charge in [0, 0.05) is 36.9 Å². The fraction of sp³-hybridized carbons (Fsp3) is 0.385. The van der Waals surface area contributed by atoms with Gasteiger partial charge in [0.25, 0.3) is 0 Å². The first-order chi connectivity index (χ1) is 15.4. The Morgan fingerprint density at radius 2 is 1.78 bits per heavy atom. The van der Waals surface area contributed by atoms with Crippen LogP contribution in [0.5, 0.6) is 0 Å². The summed E-state index contributed by atoms with van der Waals surface area (Å²) in [6, 6.07) is 16.0. The SMILES string of the molecule is CCCOCCCNc1ccc(-c2ccc(NC(=O)OC(C)(C)C)c3ccccc23)cn1. The van der Waals surface area contributed by atoms with Gasteiger partial charge in [-0.1, -0.05) is 37.3 Å². The van der Waals surface area contributed by atoms with Crippen LogP contribution in [0, 0.1) is 0 Å². The first-order valence-electron chi connectivity index (χ1n) is 11.2. The number of amides is 1. The zero-order valence-corrected chi connectivity index (χ0v) is 19.4. The van der Waals surface area contributed by atoms with Crippen LogP contribution in [0.4, 0.5) is 16.3 Å². The van der Waals surface area contributed by atoms with E-state index < -0.39 is 11.7 Å². The zero-order chi connectivity index (χ0) is 23.0. The van der Waals surface area contributed by atoms with Crippen molar-refractivity contribution in [3.05, 3.63) is 54.7 Å². The summed E-state index contributed by atoms with van der Waals surface area (Å²) in [4.78, 5) is 16.8. The maximum Gasteiger partial charge on any atom is 0.412 e. The van der Waals surface area contributed by atoms with E-state index in [1.165, 1.54) is 0 Å². The lowest BCUT2D eigenvalue weighted by atomic mass is 9.98. The normalized spacial score (nSPS) is 11.4. The first kappa shape index (κ1) is 23.5. The van der Waals surface area contributed by atoms with Crippen molar-refractivity contribution in [2.24, 2.45) is 0 Å². The molecule has 0 saturated carbocycles. The molecule has 6 heteroatoms. The number of benzene rings is 2. The second kappa shape index (κ2) is 11.0. The predicted molar refractivity (Wildman–Crippen MR) is 131 cm³/mol. The van der Waals surface area contributed by atoms with Crippen molar-refractivity contribution in [3.8, 4) is 11.1 Å². The Bertz CT molecular complexity index is 1030. The number of nitrogens with zero attached hydrogens (tertiary/aromatic N) is 1. The van der Waals surface area contributed by atoms with E-state index in [4.69, 9.17) is 9.47 Å². The highest BCUT2D eigenvalue weighted by molar-refractivity contribution is 6.06.